The van der Waals surface area contributed by atoms with Crippen LogP contribution >= 0.6 is 11.3 Å². The fraction of sp³-hybridized carbons (Fsp3) is 0.438. The lowest BCUT2D eigenvalue weighted by Crippen LogP contribution is -2.34. The SMILES string of the molecule is CC1CCCN(c2nc(-c3ccc4c(c3)OCO4)cs2)C1. The van der Waals surface area contributed by atoms with Gasteiger partial charge in [-0.2, -0.15) is 0 Å². The van der Waals surface area contributed by atoms with Gasteiger partial charge in [0.25, 0.3) is 0 Å². The second-order valence-corrected chi connectivity index (χ2v) is 6.61. The maximum atomic E-state index is 5.44. The Kier molecular flexibility index (Phi) is 3.22. The summed E-state index contributed by atoms with van der Waals surface area (Å²) in [6.45, 7) is 4.87. The van der Waals surface area contributed by atoms with E-state index >= 15 is 0 Å². The van der Waals surface area contributed by atoms with E-state index in [1.54, 1.807) is 11.3 Å². The van der Waals surface area contributed by atoms with E-state index in [4.69, 9.17) is 14.5 Å². The molecule has 4 nitrogen and oxygen atoms in total. The van der Waals surface area contributed by atoms with E-state index in [9.17, 15) is 0 Å². The molecule has 0 amide bonds. The van der Waals surface area contributed by atoms with Crippen LogP contribution in [0, 0.1) is 5.92 Å². The molecular formula is C16H18N2O2S. The van der Waals surface area contributed by atoms with Gasteiger partial charge in [0, 0.05) is 24.0 Å². The average molecular weight is 302 g/mol. The summed E-state index contributed by atoms with van der Waals surface area (Å²) in [6, 6.07) is 6.02. The van der Waals surface area contributed by atoms with Gasteiger partial charge in [-0.25, -0.2) is 4.98 Å². The Labute approximate surface area is 128 Å². The van der Waals surface area contributed by atoms with Gasteiger partial charge in [-0.05, 0) is 37.0 Å². The number of anilines is 1. The van der Waals surface area contributed by atoms with Crippen LogP contribution in [0.1, 0.15) is 19.8 Å². The van der Waals surface area contributed by atoms with Crippen molar-refractivity contribution < 1.29 is 9.47 Å². The molecule has 0 bridgehead atoms. The summed E-state index contributed by atoms with van der Waals surface area (Å²) in [6.07, 6.45) is 2.59. The van der Waals surface area contributed by atoms with Crippen molar-refractivity contribution in [3.8, 4) is 22.8 Å². The molecule has 3 heterocycles. The highest BCUT2D eigenvalue weighted by Gasteiger charge is 2.20. The fourth-order valence-electron chi connectivity index (χ4n) is 2.96. The standard InChI is InChI=1S/C16H18N2O2S/c1-11-3-2-6-18(8-11)16-17-13(9-21-16)12-4-5-14-15(7-12)20-10-19-14/h4-5,7,9,11H,2-3,6,8,10H2,1H3. The molecular weight excluding hydrogens is 284 g/mol. The van der Waals surface area contributed by atoms with Gasteiger partial charge in [0.05, 0.1) is 5.69 Å². The number of aromatic nitrogens is 1. The van der Waals surface area contributed by atoms with Gasteiger partial charge in [-0.15, -0.1) is 11.3 Å². The van der Waals surface area contributed by atoms with E-state index in [0.29, 0.717) is 6.79 Å². The van der Waals surface area contributed by atoms with Crippen molar-refractivity contribution in [2.45, 2.75) is 19.8 Å². The zero-order valence-corrected chi connectivity index (χ0v) is 12.9. The molecule has 1 aromatic carbocycles. The van der Waals surface area contributed by atoms with Crippen LogP contribution < -0.4 is 14.4 Å². The smallest absolute Gasteiger partial charge is 0.231 e. The molecule has 2 aliphatic heterocycles. The number of thiazole rings is 1. The highest BCUT2D eigenvalue weighted by molar-refractivity contribution is 7.14. The molecule has 1 aromatic heterocycles. The number of piperidine rings is 1. The predicted molar refractivity (Wildman–Crippen MR) is 84.3 cm³/mol. The van der Waals surface area contributed by atoms with Gasteiger partial charge in [0.1, 0.15) is 0 Å². The topological polar surface area (TPSA) is 34.6 Å². The maximum absolute atomic E-state index is 5.44. The first kappa shape index (κ1) is 13.0. The molecule has 1 fully saturated rings. The first-order chi connectivity index (χ1) is 10.3. The number of hydrogen-bond acceptors (Lipinski definition) is 5. The first-order valence-corrected chi connectivity index (χ1v) is 8.28. The first-order valence-electron chi connectivity index (χ1n) is 7.40. The van der Waals surface area contributed by atoms with Crippen molar-refractivity contribution in [3.63, 3.8) is 0 Å². The van der Waals surface area contributed by atoms with E-state index in [1.807, 2.05) is 18.2 Å². The molecule has 0 aliphatic carbocycles. The van der Waals surface area contributed by atoms with Crippen molar-refractivity contribution in [3.05, 3.63) is 23.6 Å². The Bertz CT molecular complexity index is 655. The normalized spacial score (nSPS) is 20.8. The monoisotopic (exact) mass is 302 g/mol. The van der Waals surface area contributed by atoms with Crippen molar-refractivity contribution in [1.82, 2.24) is 4.98 Å². The summed E-state index contributed by atoms with van der Waals surface area (Å²) in [7, 11) is 0. The van der Waals surface area contributed by atoms with Crippen LogP contribution in [0.25, 0.3) is 11.3 Å². The number of hydrogen-bond donors (Lipinski definition) is 0. The minimum Gasteiger partial charge on any atom is -0.454 e. The van der Waals surface area contributed by atoms with E-state index in [-0.39, 0.29) is 0 Å². The van der Waals surface area contributed by atoms with Gasteiger partial charge in [0.2, 0.25) is 6.79 Å². The molecule has 1 saturated heterocycles. The van der Waals surface area contributed by atoms with Crippen LogP contribution in [0.3, 0.4) is 0 Å². The quantitative estimate of drug-likeness (QED) is 0.845. The van der Waals surface area contributed by atoms with Gasteiger partial charge in [-0.3, -0.25) is 0 Å². The zero-order chi connectivity index (χ0) is 14.2. The average Bonchev–Trinajstić information content (AvgIpc) is 3.15. The van der Waals surface area contributed by atoms with Crippen LogP contribution in [0.2, 0.25) is 0 Å². The lowest BCUT2D eigenvalue weighted by molar-refractivity contribution is 0.174. The minimum atomic E-state index is 0.312. The van der Waals surface area contributed by atoms with Crippen molar-refractivity contribution in [2.24, 2.45) is 5.92 Å². The maximum Gasteiger partial charge on any atom is 0.231 e. The van der Waals surface area contributed by atoms with Gasteiger partial charge in [0.15, 0.2) is 16.6 Å². The van der Waals surface area contributed by atoms with Crippen LogP contribution in [0.15, 0.2) is 23.6 Å². The summed E-state index contributed by atoms with van der Waals surface area (Å²) < 4.78 is 10.8. The van der Waals surface area contributed by atoms with Crippen molar-refractivity contribution in [1.29, 1.82) is 0 Å². The molecule has 110 valence electrons. The Morgan fingerprint density at radius 3 is 3.10 bits per heavy atom. The molecule has 0 spiro atoms. The zero-order valence-electron chi connectivity index (χ0n) is 12.0. The molecule has 0 radical (unpaired) electrons. The third-order valence-corrected chi connectivity index (χ3v) is 4.99. The molecule has 2 aliphatic rings. The van der Waals surface area contributed by atoms with Crippen LogP contribution in [-0.4, -0.2) is 24.9 Å². The lowest BCUT2D eigenvalue weighted by Gasteiger charge is -2.30. The third kappa shape index (κ3) is 2.46. The van der Waals surface area contributed by atoms with E-state index in [0.717, 1.165) is 46.9 Å². The highest BCUT2D eigenvalue weighted by Crippen LogP contribution is 2.37. The number of nitrogens with zero attached hydrogens (tertiary/aromatic N) is 2. The molecule has 4 rings (SSSR count). The van der Waals surface area contributed by atoms with E-state index in [2.05, 4.69) is 17.2 Å². The molecule has 1 unspecified atom stereocenters. The Balaban J connectivity index is 1.59. The van der Waals surface area contributed by atoms with Crippen molar-refractivity contribution in [2.75, 3.05) is 24.8 Å². The fourth-order valence-corrected chi connectivity index (χ4v) is 3.83. The Hall–Kier alpha value is -1.75. The number of ether oxygens (including phenoxy) is 2. The Morgan fingerprint density at radius 2 is 2.19 bits per heavy atom. The van der Waals surface area contributed by atoms with Crippen LogP contribution in [0.5, 0.6) is 11.5 Å². The van der Waals surface area contributed by atoms with Gasteiger partial charge < -0.3 is 14.4 Å². The number of benzene rings is 1. The predicted octanol–water partition coefficient (Wildman–Crippen LogP) is 3.78. The largest absolute Gasteiger partial charge is 0.454 e. The summed E-state index contributed by atoms with van der Waals surface area (Å²) in [5, 5.41) is 3.26. The Morgan fingerprint density at radius 1 is 1.29 bits per heavy atom. The molecule has 21 heavy (non-hydrogen) atoms. The summed E-state index contributed by atoms with van der Waals surface area (Å²) in [5.41, 5.74) is 2.11. The second-order valence-electron chi connectivity index (χ2n) is 5.78. The molecule has 5 heteroatoms. The number of fused-ring (bicyclic) bond motifs is 1. The van der Waals surface area contributed by atoms with Crippen LogP contribution in [0.4, 0.5) is 5.13 Å². The lowest BCUT2D eigenvalue weighted by atomic mass is 10.0. The van der Waals surface area contributed by atoms with Gasteiger partial charge >= 0.3 is 0 Å². The van der Waals surface area contributed by atoms with E-state index < -0.39 is 0 Å². The number of rotatable bonds is 2. The van der Waals surface area contributed by atoms with Gasteiger partial charge in [-0.1, -0.05) is 6.92 Å². The molecule has 0 saturated carbocycles. The van der Waals surface area contributed by atoms with Crippen molar-refractivity contribution >= 4 is 16.5 Å². The van der Waals surface area contributed by atoms with E-state index in [1.165, 1.54) is 12.8 Å². The summed E-state index contributed by atoms with van der Waals surface area (Å²) >= 11 is 1.73. The minimum absolute atomic E-state index is 0.312. The third-order valence-electron chi connectivity index (χ3n) is 4.09. The molecule has 2 aromatic rings. The summed E-state index contributed by atoms with van der Waals surface area (Å²) in [4.78, 5) is 7.22. The highest BCUT2D eigenvalue weighted by atomic mass is 32.1. The molecule has 0 N–H and O–H groups in total. The van der Waals surface area contributed by atoms with Crippen LogP contribution in [-0.2, 0) is 0 Å². The summed E-state index contributed by atoms with van der Waals surface area (Å²) in [5.74, 6) is 2.39. The second kappa shape index (κ2) is 5.22. The molecule has 1 atom stereocenters.